The lowest BCUT2D eigenvalue weighted by Crippen LogP contribution is -2.43. The number of carbonyl (C=O) groups excluding carboxylic acids is 1. The van der Waals surface area contributed by atoms with Crippen LogP contribution in [0.5, 0.6) is 0 Å². The first-order valence-corrected chi connectivity index (χ1v) is 9.96. The summed E-state index contributed by atoms with van der Waals surface area (Å²) in [6.45, 7) is 1.50. The molecule has 140 valence electrons. The van der Waals surface area contributed by atoms with Crippen molar-refractivity contribution in [1.29, 1.82) is 0 Å². The number of benzene rings is 2. The van der Waals surface area contributed by atoms with Crippen LogP contribution >= 0.6 is 23.2 Å². The molecule has 2 atom stereocenters. The molecule has 1 fully saturated rings. The molecule has 2 aromatic carbocycles. The number of rotatable bonds is 6. The Hall–Kier alpha value is -1.87. The molecular formula is C23H23Cl2NO. The SMILES string of the molecule is O=C1C(CC=Cc2ccc(Cl)cc2)CNCC1CC=Cc1ccc(Cl)cc1. The van der Waals surface area contributed by atoms with E-state index in [4.69, 9.17) is 23.2 Å². The third-order valence-corrected chi connectivity index (χ3v) is 5.29. The second-order valence-electron chi connectivity index (χ2n) is 6.83. The van der Waals surface area contributed by atoms with Gasteiger partial charge in [-0.25, -0.2) is 0 Å². The zero-order valence-corrected chi connectivity index (χ0v) is 16.6. The third-order valence-electron chi connectivity index (χ3n) is 4.79. The van der Waals surface area contributed by atoms with Crippen molar-refractivity contribution in [2.24, 2.45) is 11.8 Å². The van der Waals surface area contributed by atoms with Crippen LogP contribution in [0.15, 0.2) is 60.7 Å². The molecule has 0 spiro atoms. The summed E-state index contributed by atoms with van der Waals surface area (Å²) in [5.41, 5.74) is 2.19. The second kappa shape index (κ2) is 9.89. The van der Waals surface area contributed by atoms with Crippen molar-refractivity contribution in [3.05, 3.63) is 81.9 Å². The Balaban J connectivity index is 1.52. The molecule has 1 saturated heterocycles. The van der Waals surface area contributed by atoms with Gasteiger partial charge in [0.15, 0.2) is 0 Å². The molecule has 1 aliphatic rings. The minimum absolute atomic E-state index is 0.0382. The molecule has 4 heteroatoms. The Bertz CT molecular complexity index is 742. The number of allylic oxidation sites excluding steroid dienone is 2. The van der Waals surface area contributed by atoms with Crippen molar-refractivity contribution in [3.8, 4) is 0 Å². The Morgan fingerprint density at radius 1 is 0.778 bits per heavy atom. The number of piperidine rings is 1. The van der Waals surface area contributed by atoms with Crippen molar-refractivity contribution in [2.45, 2.75) is 12.8 Å². The summed E-state index contributed by atoms with van der Waals surface area (Å²) in [5.74, 6) is 0.433. The fourth-order valence-corrected chi connectivity index (χ4v) is 3.50. The van der Waals surface area contributed by atoms with E-state index >= 15 is 0 Å². The molecule has 0 bridgehead atoms. The Kier molecular flexibility index (Phi) is 7.28. The molecule has 0 aliphatic carbocycles. The minimum Gasteiger partial charge on any atom is -0.315 e. The summed E-state index contributed by atoms with van der Waals surface area (Å²) >= 11 is 11.8. The first-order chi connectivity index (χ1) is 13.1. The van der Waals surface area contributed by atoms with Crippen LogP contribution < -0.4 is 5.32 Å². The van der Waals surface area contributed by atoms with Crippen LogP contribution in [0.2, 0.25) is 10.0 Å². The van der Waals surface area contributed by atoms with Crippen molar-refractivity contribution < 1.29 is 4.79 Å². The number of ketones is 1. The number of halogens is 2. The molecule has 1 heterocycles. The summed E-state index contributed by atoms with van der Waals surface area (Å²) < 4.78 is 0. The zero-order chi connectivity index (χ0) is 19.1. The fraction of sp³-hybridized carbons (Fsp3) is 0.261. The van der Waals surface area contributed by atoms with Gasteiger partial charge in [-0.3, -0.25) is 4.79 Å². The Labute approximate surface area is 170 Å². The molecule has 0 amide bonds. The first-order valence-electron chi connectivity index (χ1n) is 9.20. The number of nitrogens with one attached hydrogen (secondary N) is 1. The molecule has 2 aromatic rings. The lowest BCUT2D eigenvalue weighted by Gasteiger charge is -2.27. The number of hydrogen-bond donors (Lipinski definition) is 1. The predicted molar refractivity (Wildman–Crippen MR) is 115 cm³/mol. The number of carbonyl (C=O) groups is 1. The van der Waals surface area contributed by atoms with Gasteiger partial charge in [-0.15, -0.1) is 0 Å². The molecule has 27 heavy (non-hydrogen) atoms. The minimum atomic E-state index is 0.0382. The summed E-state index contributed by atoms with van der Waals surface area (Å²) in [6, 6.07) is 15.4. The monoisotopic (exact) mass is 399 g/mol. The average molecular weight is 400 g/mol. The first kappa shape index (κ1) is 19.9. The molecule has 1 aliphatic heterocycles. The van der Waals surface area contributed by atoms with E-state index in [-0.39, 0.29) is 11.8 Å². The van der Waals surface area contributed by atoms with Crippen molar-refractivity contribution in [3.63, 3.8) is 0 Å². The largest absolute Gasteiger partial charge is 0.315 e. The van der Waals surface area contributed by atoms with Crippen LogP contribution in [0.3, 0.4) is 0 Å². The van der Waals surface area contributed by atoms with Crippen LogP contribution in [0.1, 0.15) is 24.0 Å². The van der Waals surface area contributed by atoms with Gasteiger partial charge in [0.25, 0.3) is 0 Å². The summed E-state index contributed by atoms with van der Waals surface area (Å²) in [5, 5.41) is 4.86. The molecular weight excluding hydrogens is 377 g/mol. The van der Waals surface area contributed by atoms with Crippen LogP contribution in [-0.4, -0.2) is 18.9 Å². The van der Waals surface area contributed by atoms with Gasteiger partial charge in [-0.1, -0.05) is 71.8 Å². The highest BCUT2D eigenvalue weighted by Gasteiger charge is 2.29. The maximum absolute atomic E-state index is 12.8. The van der Waals surface area contributed by atoms with Gasteiger partial charge >= 0.3 is 0 Å². The normalized spacial score (nSPS) is 20.6. The van der Waals surface area contributed by atoms with E-state index in [0.717, 1.165) is 47.1 Å². The maximum Gasteiger partial charge on any atom is 0.142 e. The summed E-state index contributed by atoms with van der Waals surface area (Å²) in [7, 11) is 0. The predicted octanol–water partition coefficient (Wildman–Crippen LogP) is 5.90. The van der Waals surface area contributed by atoms with Crippen molar-refractivity contribution in [1.82, 2.24) is 5.32 Å². The highest BCUT2D eigenvalue weighted by atomic mass is 35.5. The van der Waals surface area contributed by atoms with Crippen LogP contribution in [0.25, 0.3) is 12.2 Å². The number of Topliss-reactive ketones (excluding diaryl/α,β-unsaturated/α-hetero) is 1. The second-order valence-corrected chi connectivity index (χ2v) is 7.71. The topological polar surface area (TPSA) is 29.1 Å². The Morgan fingerprint density at radius 2 is 1.19 bits per heavy atom. The van der Waals surface area contributed by atoms with Gasteiger partial charge in [0.2, 0.25) is 0 Å². The van der Waals surface area contributed by atoms with Crippen LogP contribution in [0.4, 0.5) is 0 Å². The van der Waals surface area contributed by atoms with E-state index < -0.39 is 0 Å². The summed E-state index contributed by atoms with van der Waals surface area (Å²) in [6.07, 6.45) is 9.78. The molecule has 2 nitrogen and oxygen atoms in total. The van der Waals surface area contributed by atoms with E-state index in [9.17, 15) is 4.79 Å². The molecule has 0 radical (unpaired) electrons. The quantitative estimate of drug-likeness (QED) is 0.654. The van der Waals surface area contributed by atoms with Gasteiger partial charge in [-0.05, 0) is 48.2 Å². The van der Waals surface area contributed by atoms with E-state index in [1.807, 2.05) is 60.7 Å². The Morgan fingerprint density at radius 3 is 1.59 bits per heavy atom. The maximum atomic E-state index is 12.8. The average Bonchev–Trinajstić information content (AvgIpc) is 2.67. The van der Waals surface area contributed by atoms with E-state index in [1.54, 1.807) is 0 Å². The molecule has 3 rings (SSSR count). The smallest absolute Gasteiger partial charge is 0.142 e. The molecule has 2 unspecified atom stereocenters. The highest BCUT2D eigenvalue weighted by molar-refractivity contribution is 6.30. The lowest BCUT2D eigenvalue weighted by molar-refractivity contribution is -0.128. The molecule has 0 saturated carbocycles. The zero-order valence-electron chi connectivity index (χ0n) is 15.1. The van der Waals surface area contributed by atoms with Crippen LogP contribution in [-0.2, 0) is 4.79 Å². The molecule has 0 aromatic heterocycles. The van der Waals surface area contributed by atoms with E-state index in [1.165, 1.54) is 0 Å². The standard InChI is InChI=1S/C23H23Cl2NO/c24-21-11-7-17(8-12-21)3-1-5-19-15-26-16-20(23(19)27)6-2-4-18-9-13-22(25)14-10-18/h1-4,7-14,19-20,26H,5-6,15-16H2. The third kappa shape index (κ3) is 6.07. The van der Waals surface area contributed by atoms with Gasteiger partial charge < -0.3 is 5.32 Å². The van der Waals surface area contributed by atoms with Crippen molar-refractivity contribution >= 4 is 41.1 Å². The number of hydrogen-bond acceptors (Lipinski definition) is 2. The van der Waals surface area contributed by atoms with Gasteiger partial charge in [0.05, 0.1) is 0 Å². The lowest BCUT2D eigenvalue weighted by atomic mass is 9.84. The van der Waals surface area contributed by atoms with Crippen LogP contribution in [0, 0.1) is 11.8 Å². The van der Waals surface area contributed by atoms with Gasteiger partial charge in [0, 0.05) is 35.0 Å². The van der Waals surface area contributed by atoms with Gasteiger partial charge in [-0.2, -0.15) is 0 Å². The van der Waals surface area contributed by atoms with Gasteiger partial charge in [0.1, 0.15) is 5.78 Å². The molecule has 1 N–H and O–H groups in total. The fourth-order valence-electron chi connectivity index (χ4n) is 3.25. The van der Waals surface area contributed by atoms with E-state index in [0.29, 0.717) is 5.78 Å². The summed E-state index contributed by atoms with van der Waals surface area (Å²) in [4.78, 5) is 12.8. The highest BCUT2D eigenvalue weighted by Crippen LogP contribution is 2.21. The van der Waals surface area contributed by atoms with Crippen molar-refractivity contribution in [2.75, 3.05) is 13.1 Å². The van der Waals surface area contributed by atoms with E-state index in [2.05, 4.69) is 17.5 Å².